The summed E-state index contributed by atoms with van der Waals surface area (Å²) in [5.41, 5.74) is 1.43. The lowest BCUT2D eigenvalue weighted by Crippen LogP contribution is -2.29. The number of ether oxygens (including phenoxy) is 1. The summed E-state index contributed by atoms with van der Waals surface area (Å²) >= 11 is 0. The number of hydrogen-bond donors (Lipinski definition) is 0. The summed E-state index contributed by atoms with van der Waals surface area (Å²) in [6, 6.07) is 13.3. The summed E-state index contributed by atoms with van der Waals surface area (Å²) in [5.74, 6) is 0.580. The zero-order valence-corrected chi connectivity index (χ0v) is 15.0. The quantitative estimate of drug-likeness (QED) is 0.834. The number of hydrogen-bond acceptors (Lipinski definition) is 4. The van der Waals surface area contributed by atoms with Crippen molar-refractivity contribution in [3.63, 3.8) is 0 Å². The predicted molar refractivity (Wildman–Crippen MR) is 93.1 cm³/mol. The van der Waals surface area contributed by atoms with E-state index >= 15 is 0 Å². The Morgan fingerprint density at radius 3 is 2.04 bits per heavy atom. The van der Waals surface area contributed by atoms with Crippen molar-refractivity contribution in [1.29, 1.82) is 0 Å². The van der Waals surface area contributed by atoms with Gasteiger partial charge in [0.1, 0.15) is 5.75 Å². The average molecular weight is 347 g/mol. The normalized spacial score (nSPS) is 12.5. The summed E-state index contributed by atoms with van der Waals surface area (Å²) in [6.45, 7) is 1.90. The molecule has 0 aliphatic carbocycles. The third kappa shape index (κ3) is 3.94. The molecule has 0 saturated carbocycles. The van der Waals surface area contributed by atoms with Gasteiger partial charge in [0.15, 0.2) is 9.84 Å². The Balaban J connectivity index is 2.18. The molecule has 1 amide bonds. The van der Waals surface area contributed by atoms with Crippen molar-refractivity contribution in [3.05, 3.63) is 59.7 Å². The molecule has 1 unspecified atom stereocenters. The highest BCUT2D eigenvalue weighted by atomic mass is 32.2. The molecule has 0 aromatic heterocycles. The Kier molecular flexibility index (Phi) is 5.29. The molecular formula is C18H21NO4S. The van der Waals surface area contributed by atoms with Crippen LogP contribution in [-0.4, -0.2) is 39.6 Å². The van der Waals surface area contributed by atoms with Gasteiger partial charge in [-0.25, -0.2) is 8.42 Å². The first-order chi connectivity index (χ1) is 11.2. The maximum atomic E-state index is 12.6. The number of rotatable bonds is 5. The Hall–Kier alpha value is -2.34. The molecule has 0 radical (unpaired) electrons. The van der Waals surface area contributed by atoms with Crippen molar-refractivity contribution >= 4 is 15.7 Å². The highest BCUT2D eigenvalue weighted by molar-refractivity contribution is 7.90. The summed E-state index contributed by atoms with van der Waals surface area (Å²) in [6.07, 6.45) is 1.17. The fraction of sp³-hybridized carbons (Fsp3) is 0.278. The van der Waals surface area contributed by atoms with E-state index in [1.54, 1.807) is 67.6 Å². The van der Waals surface area contributed by atoms with Gasteiger partial charge in [-0.3, -0.25) is 4.79 Å². The second-order valence-electron chi connectivity index (χ2n) is 5.66. The summed E-state index contributed by atoms with van der Waals surface area (Å²) < 4.78 is 28.1. The molecule has 0 heterocycles. The lowest BCUT2D eigenvalue weighted by Gasteiger charge is -2.25. The molecule has 2 rings (SSSR count). The van der Waals surface area contributed by atoms with Crippen LogP contribution in [-0.2, 0) is 9.84 Å². The van der Waals surface area contributed by atoms with Crippen molar-refractivity contribution < 1.29 is 17.9 Å². The molecule has 0 bridgehead atoms. The number of nitrogens with zero attached hydrogens (tertiary/aromatic N) is 1. The van der Waals surface area contributed by atoms with Crippen LogP contribution in [0.2, 0.25) is 0 Å². The number of carbonyl (C=O) groups is 1. The molecule has 0 spiro atoms. The molecule has 2 aromatic carbocycles. The van der Waals surface area contributed by atoms with Gasteiger partial charge in [-0.1, -0.05) is 12.1 Å². The Labute approximate surface area is 142 Å². The third-order valence-electron chi connectivity index (χ3n) is 4.03. The molecule has 1 atom stereocenters. The van der Waals surface area contributed by atoms with Crippen molar-refractivity contribution in [2.24, 2.45) is 0 Å². The van der Waals surface area contributed by atoms with E-state index in [0.717, 1.165) is 5.56 Å². The zero-order chi connectivity index (χ0) is 17.9. The van der Waals surface area contributed by atoms with Gasteiger partial charge in [0.05, 0.1) is 18.0 Å². The van der Waals surface area contributed by atoms with Gasteiger partial charge in [0.25, 0.3) is 5.91 Å². The number of sulfone groups is 1. The molecule has 128 valence electrons. The highest BCUT2D eigenvalue weighted by Gasteiger charge is 2.19. The number of methoxy groups -OCH3 is 1. The van der Waals surface area contributed by atoms with Crippen LogP contribution < -0.4 is 4.74 Å². The van der Waals surface area contributed by atoms with Gasteiger partial charge >= 0.3 is 0 Å². The molecule has 2 aromatic rings. The van der Waals surface area contributed by atoms with Gasteiger partial charge < -0.3 is 9.64 Å². The second-order valence-corrected chi connectivity index (χ2v) is 7.68. The van der Waals surface area contributed by atoms with Crippen LogP contribution >= 0.6 is 0 Å². The molecule has 0 N–H and O–H groups in total. The van der Waals surface area contributed by atoms with Gasteiger partial charge in [-0.15, -0.1) is 0 Å². The van der Waals surface area contributed by atoms with Crippen LogP contribution in [0.5, 0.6) is 5.75 Å². The van der Waals surface area contributed by atoms with E-state index in [1.165, 1.54) is 6.26 Å². The van der Waals surface area contributed by atoms with E-state index in [0.29, 0.717) is 11.3 Å². The first kappa shape index (κ1) is 18.0. The first-order valence-electron chi connectivity index (χ1n) is 7.45. The maximum Gasteiger partial charge on any atom is 0.254 e. The second kappa shape index (κ2) is 7.05. The Bertz CT molecular complexity index is 811. The van der Waals surface area contributed by atoms with Crippen molar-refractivity contribution in [2.45, 2.75) is 17.9 Å². The van der Waals surface area contributed by atoms with Crippen LogP contribution in [0.25, 0.3) is 0 Å². The standard InChI is InChI=1S/C18H21NO4S/c1-13(14-7-11-17(12-8-14)24(4,21)22)19(2)18(20)15-5-9-16(23-3)10-6-15/h5-13H,1-4H3. The van der Waals surface area contributed by atoms with E-state index in [9.17, 15) is 13.2 Å². The summed E-state index contributed by atoms with van der Waals surface area (Å²) in [7, 11) is 0.0746. The number of amides is 1. The van der Waals surface area contributed by atoms with Gasteiger partial charge in [0, 0.05) is 18.9 Å². The monoisotopic (exact) mass is 347 g/mol. The van der Waals surface area contributed by atoms with E-state index in [1.807, 2.05) is 6.92 Å². The Morgan fingerprint density at radius 1 is 1.04 bits per heavy atom. The van der Waals surface area contributed by atoms with Crippen molar-refractivity contribution in [2.75, 3.05) is 20.4 Å². The number of carbonyl (C=O) groups excluding carboxylic acids is 1. The smallest absolute Gasteiger partial charge is 0.254 e. The van der Waals surface area contributed by atoms with E-state index < -0.39 is 9.84 Å². The van der Waals surface area contributed by atoms with E-state index in [-0.39, 0.29) is 16.8 Å². The minimum absolute atomic E-state index is 0.114. The van der Waals surface area contributed by atoms with Gasteiger partial charge in [0.2, 0.25) is 0 Å². The average Bonchev–Trinajstić information content (AvgIpc) is 2.59. The zero-order valence-electron chi connectivity index (χ0n) is 14.2. The molecular weight excluding hydrogens is 326 g/mol. The lowest BCUT2D eigenvalue weighted by atomic mass is 10.1. The van der Waals surface area contributed by atoms with Crippen molar-refractivity contribution in [3.8, 4) is 5.75 Å². The molecule has 0 saturated heterocycles. The molecule has 5 nitrogen and oxygen atoms in total. The summed E-state index contributed by atoms with van der Waals surface area (Å²) in [4.78, 5) is 14.5. The van der Waals surface area contributed by atoms with Crippen LogP contribution in [0.4, 0.5) is 0 Å². The molecule has 0 fully saturated rings. The molecule has 0 aliphatic rings. The fourth-order valence-electron chi connectivity index (χ4n) is 2.33. The van der Waals surface area contributed by atoms with Crippen LogP contribution in [0, 0.1) is 0 Å². The van der Waals surface area contributed by atoms with Crippen molar-refractivity contribution in [1.82, 2.24) is 4.90 Å². The van der Waals surface area contributed by atoms with E-state index in [2.05, 4.69) is 0 Å². The topological polar surface area (TPSA) is 63.7 Å². The van der Waals surface area contributed by atoms with Crippen LogP contribution in [0.1, 0.15) is 28.9 Å². The molecule has 6 heteroatoms. The lowest BCUT2D eigenvalue weighted by molar-refractivity contribution is 0.0742. The van der Waals surface area contributed by atoms with Gasteiger partial charge in [-0.05, 0) is 48.9 Å². The molecule has 24 heavy (non-hydrogen) atoms. The molecule has 0 aliphatic heterocycles. The summed E-state index contributed by atoms with van der Waals surface area (Å²) in [5, 5.41) is 0. The number of benzene rings is 2. The van der Waals surface area contributed by atoms with Crippen LogP contribution in [0.3, 0.4) is 0 Å². The third-order valence-corrected chi connectivity index (χ3v) is 5.16. The highest BCUT2D eigenvalue weighted by Crippen LogP contribution is 2.23. The minimum Gasteiger partial charge on any atom is -0.497 e. The fourth-order valence-corrected chi connectivity index (χ4v) is 2.96. The first-order valence-corrected chi connectivity index (χ1v) is 9.34. The van der Waals surface area contributed by atoms with E-state index in [4.69, 9.17) is 4.74 Å². The Morgan fingerprint density at radius 2 is 1.58 bits per heavy atom. The van der Waals surface area contributed by atoms with Crippen LogP contribution in [0.15, 0.2) is 53.4 Å². The predicted octanol–water partition coefficient (Wildman–Crippen LogP) is 2.93. The minimum atomic E-state index is -3.22. The van der Waals surface area contributed by atoms with Gasteiger partial charge in [-0.2, -0.15) is 0 Å². The maximum absolute atomic E-state index is 12.6. The largest absolute Gasteiger partial charge is 0.497 e. The SMILES string of the molecule is COc1ccc(C(=O)N(C)C(C)c2ccc(S(C)(=O)=O)cc2)cc1.